The van der Waals surface area contributed by atoms with Gasteiger partial charge in [-0.25, -0.2) is 4.98 Å². The summed E-state index contributed by atoms with van der Waals surface area (Å²) in [4.78, 5) is 7.66. The molecule has 3 nitrogen and oxygen atoms in total. The molecule has 1 aliphatic rings. The lowest BCUT2D eigenvalue weighted by atomic mass is 10.1. The normalized spacial score (nSPS) is 13.4. The average molecular weight is 277 g/mol. The fraction of sp³-hybridized carbons (Fsp3) is 0.600. The second kappa shape index (κ2) is 6.33. The largest absolute Gasteiger partial charge is 0.389 e. The summed E-state index contributed by atoms with van der Waals surface area (Å²) in [6.45, 7) is 6.40. The number of nitrogens with two attached hydrogens (primary N) is 1. The monoisotopic (exact) mass is 277 g/mol. The van der Waals surface area contributed by atoms with E-state index < -0.39 is 0 Å². The van der Waals surface area contributed by atoms with Gasteiger partial charge in [-0.05, 0) is 43.7 Å². The van der Waals surface area contributed by atoms with Crippen LogP contribution in [-0.2, 0) is 12.8 Å². The Morgan fingerprint density at radius 3 is 2.58 bits per heavy atom. The SMILES string of the molecule is CCCN(CCC)c1nc2c(cc1C(N)=S)CCC2. The number of hydrogen-bond acceptors (Lipinski definition) is 3. The van der Waals surface area contributed by atoms with Crippen LogP contribution in [-0.4, -0.2) is 23.1 Å². The highest BCUT2D eigenvalue weighted by Gasteiger charge is 2.20. The molecular formula is C15H23N3S. The predicted octanol–water partition coefficient (Wildman–Crippen LogP) is 2.83. The molecular weight excluding hydrogens is 254 g/mol. The number of aromatic nitrogens is 1. The first-order valence-corrected chi connectivity index (χ1v) is 7.65. The maximum absolute atomic E-state index is 5.90. The van der Waals surface area contributed by atoms with E-state index >= 15 is 0 Å². The van der Waals surface area contributed by atoms with E-state index in [1.54, 1.807) is 0 Å². The Morgan fingerprint density at radius 2 is 2.00 bits per heavy atom. The quantitative estimate of drug-likeness (QED) is 0.812. The molecule has 19 heavy (non-hydrogen) atoms. The fourth-order valence-corrected chi connectivity index (χ4v) is 2.90. The van der Waals surface area contributed by atoms with Crippen molar-refractivity contribution in [2.75, 3.05) is 18.0 Å². The zero-order valence-corrected chi connectivity index (χ0v) is 12.7. The lowest BCUT2D eigenvalue weighted by molar-refractivity contribution is 0.731. The summed E-state index contributed by atoms with van der Waals surface area (Å²) in [6.07, 6.45) is 5.61. The van der Waals surface area contributed by atoms with Crippen molar-refractivity contribution in [3.05, 3.63) is 22.9 Å². The maximum Gasteiger partial charge on any atom is 0.139 e. The Kier molecular flexibility index (Phi) is 4.75. The third-order valence-corrected chi connectivity index (χ3v) is 3.80. The van der Waals surface area contributed by atoms with Gasteiger partial charge in [-0.15, -0.1) is 0 Å². The molecule has 1 aliphatic carbocycles. The standard InChI is InChI=1S/C15H23N3S/c1-3-8-18(9-4-2)15-12(14(16)19)10-11-6-5-7-13(11)17-15/h10H,3-9H2,1-2H3,(H2,16,19). The maximum atomic E-state index is 5.90. The van der Waals surface area contributed by atoms with Gasteiger partial charge in [0.1, 0.15) is 10.8 Å². The lowest BCUT2D eigenvalue weighted by Gasteiger charge is -2.25. The van der Waals surface area contributed by atoms with Crippen LogP contribution in [0.15, 0.2) is 6.07 Å². The molecule has 0 radical (unpaired) electrons. The number of hydrogen-bond donors (Lipinski definition) is 1. The number of rotatable bonds is 6. The lowest BCUT2D eigenvalue weighted by Crippen LogP contribution is -2.29. The van der Waals surface area contributed by atoms with Gasteiger partial charge in [-0.1, -0.05) is 26.1 Å². The van der Waals surface area contributed by atoms with Crippen LogP contribution < -0.4 is 10.6 Å². The molecule has 1 heterocycles. The summed E-state index contributed by atoms with van der Waals surface area (Å²) < 4.78 is 0. The number of anilines is 1. The second-order valence-corrected chi connectivity index (χ2v) is 5.61. The highest BCUT2D eigenvalue weighted by atomic mass is 32.1. The van der Waals surface area contributed by atoms with Gasteiger partial charge in [-0.3, -0.25) is 0 Å². The summed E-state index contributed by atoms with van der Waals surface area (Å²) in [5.41, 5.74) is 9.44. The molecule has 0 bridgehead atoms. The third kappa shape index (κ3) is 3.06. The van der Waals surface area contributed by atoms with Crippen molar-refractivity contribution in [1.29, 1.82) is 0 Å². The Bertz CT molecular complexity index is 465. The van der Waals surface area contributed by atoms with Crippen LogP contribution in [0, 0.1) is 0 Å². The van der Waals surface area contributed by atoms with Crippen LogP contribution in [0.2, 0.25) is 0 Å². The Balaban J connectivity index is 2.43. The van der Waals surface area contributed by atoms with E-state index in [-0.39, 0.29) is 0 Å². The minimum atomic E-state index is 0.467. The van der Waals surface area contributed by atoms with Crippen LogP contribution >= 0.6 is 12.2 Å². The number of thiocarbonyl (C=S) groups is 1. The van der Waals surface area contributed by atoms with Gasteiger partial charge in [0.05, 0.1) is 5.56 Å². The van der Waals surface area contributed by atoms with E-state index in [1.807, 2.05) is 0 Å². The molecule has 1 aromatic heterocycles. The fourth-order valence-electron chi connectivity index (χ4n) is 2.75. The van der Waals surface area contributed by atoms with Crippen molar-refractivity contribution in [2.24, 2.45) is 5.73 Å². The molecule has 2 N–H and O–H groups in total. The second-order valence-electron chi connectivity index (χ2n) is 5.17. The molecule has 2 rings (SSSR count). The molecule has 104 valence electrons. The number of nitrogens with zero attached hydrogens (tertiary/aromatic N) is 2. The first kappa shape index (κ1) is 14.3. The van der Waals surface area contributed by atoms with E-state index in [9.17, 15) is 0 Å². The minimum absolute atomic E-state index is 0.467. The van der Waals surface area contributed by atoms with Crippen LogP contribution in [0.5, 0.6) is 0 Å². The van der Waals surface area contributed by atoms with E-state index in [0.717, 1.165) is 50.2 Å². The van der Waals surface area contributed by atoms with Crippen LogP contribution in [0.25, 0.3) is 0 Å². The molecule has 1 aromatic rings. The van der Waals surface area contributed by atoms with Crippen LogP contribution in [0.3, 0.4) is 0 Å². The van der Waals surface area contributed by atoms with Crippen molar-refractivity contribution in [2.45, 2.75) is 46.0 Å². The van der Waals surface area contributed by atoms with Crippen molar-refractivity contribution in [1.82, 2.24) is 4.98 Å². The van der Waals surface area contributed by atoms with Gasteiger partial charge >= 0.3 is 0 Å². The molecule has 4 heteroatoms. The van der Waals surface area contributed by atoms with Crippen LogP contribution in [0.1, 0.15) is 49.9 Å². The van der Waals surface area contributed by atoms with Gasteiger partial charge < -0.3 is 10.6 Å². The van der Waals surface area contributed by atoms with E-state index in [1.165, 1.54) is 17.7 Å². The molecule has 0 aliphatic heterocycles. The smallest absolute Gasteiger partial charge is 0.139 e. The zero-order valence-electron chi connectivity index (χ0n) is 11.9. The van der Waals surface area contributed by atoms with Gasteiger partial charge in [0.25, 0.3) is 0 Å². The van der Waals surface area contributed by atoms with Crippen molar-refractivity contribution >= 4 is 23.0 Å². The van der Waals surface area contributed by atoms with Gasteiger partial charge in [0, 0.05) is 18.8 Å². The number of aryl methyl sites for hydroxylation is 2. The summed E-state index contributed by atoms with van der Waals surface area (Å²) in [7, 11) is 0. The average Bonchev–Trinajstić information content (AvgIpc) is 2.84. The molecule has 0 amide bonds. The molecule has 0 saturated carbocycles. The van der Waals surface area contributed by atoms with E-state index in [0.29, 0.717) is 4.99 Å². The predicted molar refractivity (Wildman–Crippen MR) is 84.9 cm³/mol. The van der Waals surface area contributed by atoms with Gasteiger partial charge in [0.2, 0.25) is 0 Å². The summed E-state index contributed by atoms with van der Waals surface area (Å²) in [6, 6.07) is 2.17. The van der Waals surface area contributed by atoms with Gasteiger partial charge in [0.15, 0.2) is 0 Å². The summed E-state index contributed by atoms with van der Waals surface area (Å²) in [5, 5.41) is 0. The molecule has 0 spiro atoms. The highest BCUT2D eigenvalue weighted by molar-refractivity contribution is 7.80. The van der Waals surface area contributed by atoms with Crippen molar-refractivity contribution in [3.8, 4) is 0 Å². The third-order valence-electron chi connectivity index (χ3n) is 3.58. The molecule has 0 unspecified atom stereocenters. The first-order chi connectivity index (χ1) is 9.17. The van der Waals surface area contributed by atoms with Crippen molar-refractivity contribution in [3.63, 3.8) is 0 Å². The number of pyridine rings is 1. The summed E-state index contributed by atoms with van der Waals surface area (Å²) >= 11 is 5.22. The Labute approximate surface area is 121 Å². The number of fused-ring (bicyclic) bond motifs is 1. The Hall–Kier alpha value is -1.16. The minimum Gasteiger partial charge on any atom is -0.389 e. The molecule has 0 fully saturated rings. The van der Waals surface area contributed by atoms with Crippen LogP contribution in [0.4, 0.5) is 5.82 Å². The zero-order chi connectivity index (χ0) is 13.8. The highest BCUT2D eigenvalue weighted by Crippen LogP contribution is 2.27. The molecule has 0 saturated heterocycles. The van der Waals surface area contributed by atoms with Gasteiger partial charge in [-0.2, -0.15) is 0 Å². The topological polar surface area (TPSA) is 42.2 Å². The Morgan fingerprint density at radius 1 is 1.32 bits per heavy atom. The van der Waals surface area contributed by atoms with Crippen molar-refractivity contribution < 1.29 is 0 Å². The first-order valence-electron chi connectivity index (χ1n) is 7.24. The van der Waals surface area contributed by atoms with E-state index in [2.05, 4.69) is 24.8 Å². The molecule has 0 atom stereocenters. The van der Waals surface area contributed by atoms with E-state index in [4.69, 9.17) is 22.9 Å². The summed E-state index contributed by atoms with van der Waals surface area (Å²) in [5.74, 6) is 0.997. The molecule has 0 aromatic carbocycles.